The summed E-state index contributed by atoms with van der Waals surface area (Å²) < 4.78 is 8.41. The number of carbonyl (C=O) groups is 8. The maximum atomic E-state index is 11.6. The molecule has 0 aliphatic heterocycles. The number of aliphatic hydroxyl groups is 2. The molecule has 0 heterocycles. The summed E-state index contributed by atoms with van der Waals surface area (Å²) in [5.74, 6) is -13.3. The highest BCUT2D eigenvalue weighted by Gasteiger charge is 2.42. The number of ether oxygens (including phenoxy) is 2. The van der Waals surface area contributed by atoms with Gasteiger partial charge in [0.15, 0.2) is 11.2 Å². The van der Waals surface area contributed by atoms with Crippen molar-refractivity contribution in [2.75, 3.05) is 0 Å². The number of carboxylic acids is 4. The highest BCUT2D eigenvalue weighted by Crippen LogP contribution is 2.18. The zero-order chi connectivity index (χ0) is 26.0. The molecule has 0 rings (SSSR count). The maximum Gasteiger partial charge on any atom is 0.336 e. The van der Waals surface area contributed by atoms with Crippen LogP contribution in [0.1, 0.15) is 44.9 Å². The zero-order valence-electron chi connectivity index (χ0n) is 16.7. The molecular weight excluding hydrogens is 460 g/mol. The van der Waals surface area contributed by atoms with Gasteiger partial charge in [0.25, 0.3) is 0 Å². The van der Waals surface area contributed by atoms with E-state index in [1.54, 1.807) is 0 Å². The number of aliphatic carboxylic acids is 4. The third kappa shape index (κ3) is 10.8. The molecule has 0 radical (unpaired) electrons. The Morgan fingerprint density at radius 3 is 1.06 bits per heavy atom. The molecule has 0 aliphatic rings. The topological polar surface area (TPSA) is 276 Å². The van der Waals surface area contributed by atoms with E-state index in [9.17, 15) is 48.6 Å². The lowest BCUT2D eigenvalue weighted by molar-refractivity contribution is -0.174. The number of carbonyl (C=O) groups excluding carboxylic acids is 4. The lowest BCUT2D eigenvalue weighted by Crippen LogP contribution is -2.43. The van der Waals surface area contributed by atoms with Crippen molar-refractivity contribution in [3.05, 3.63) is 0 Å². The first kappa shape index (κ1) is 29.1. The monoisotopic (exact) mass is 480 g/mol. The zero-order valence-corrected chi connectivity index (χ0v) is 16.7. The van der Waals surface area contributed by atoms with Crippen LogP contribution in [0.5, 0.6) is 0 Å². The summed E-state index contributed by atoms with van der Waals surface area (Å²) in [4.78, 5) is 89.2. The van der Waals surface area contributed by atoms with Gasteiger partial charge < -0.3 is 40.1 Å². The Labute approximate surface area is 183 Å². The van der Waals surface area contributed by atoms with Gasteiger partial charge in [0.05, 0.1) is 25.7 Å². The smallest absolute Gasteiger partial charge is 0.336 e. The van der Waals surface area contributed by atoms with Crippen LogP contribution in [0.25, 0.3) is 0 Å². The minimum absolute atomic E-state index is 0.380. The molecule has 16 nitrogen and oxygen atoms in total. The molecule has 0 saturated heterocycles. The highest BCUT2D eigenvalue weighted by molar-refractivity contribution is 5.93. The number of hydrogen-bond donors (Lipinski definition) is 6. The molecule has 0 aromatic carbocycles. The van der Waals surface area contributed by atoms with Crippen LogP contribution in [0.4, 0.5) is 0 Å². The molecule has 16 heteroatoms. The van der Waals surface area contributed by atoms with Crippen LogP contribution in [0, 0.1) is 0 Å². The highest BCUT2D eigenvalue weighted by atomic mass is 16.6. The Morgan fingerprint density at radius 2 is 0.818 bits per heavy atom. The van der Waals surface area contributed by atoms with E-state index >= 15 is 0 Å². The number of hydrogen-bond acceptors (Lipinski definition) is 12. The van der Waals surface area contributed by atoms with Crippen molar-refractivity contribution < 1.29 is 78.5 Å². The predicted molar refractivity (Wildman–Crippen MR) is 95.0 cm³/mol. The molecule has 0 aromatic heterocycles. The van der Waals surface area contributed by atoms with Crippen LogP contribution in [0.3, 0.4) is 0 Å². The van der Waals surface area contributed by atoms with Crippen molar-refractivity contribution in [3.8, 4) is 0 Å². The molecule has 0 spiro atoms. The summed E-state index contributed by atoms with van der Waals surface area (Å²) in [6.07, 6.45) is -7.09. The van der Waals surface area contributed by atoms with E-state index in [0.717, 1.165) is 0 Å². The SMILES string of the molecule is O=C(O)CC(O)(CC(=O)OC(=O)CCCC(=O)OC(=O)CC(O)(CC(=O)O)C(=O)O)C(=O)O. The largest absolute Gasteiger partial charge is 0.481 e. The molecule has 0 aromatic rings. The Kier molecular flexibility index (Phi) is 10.8. The van der Waals surface area contributed by atoms with Gasteiger partial charge in [0, 0.05) is 12.8 Å². The van der Waals surface area contributed by atoms with Crippen molar-refractivity contribution in [1.82, 2.24) is 0 Å². The Bertz CT molecular complexity index is 776. The summed E-state index contributed by atoms with van der Waals surface area (Å²) in [6.45, 7) is 0. The van der Waals surface area contributed by atoms with Gasteiger partial charge in [-0.3, -0.25) is 28.8 Å². The predicted octanol–water partition coefficient (Wildman–Crippen LogP) is -2.34. The van der Waals surface area contributed by atoms with Gasteiger partial charge >= 0.3 is 47.8 Å². The fraction of sp³-hybridized carbons (Fsp3) is 0.529. The first-order valence-electron chi connectivity index (χ1n) is 8.83. The minimum atomic E-state index is -3.02. The fourth-order valence-electron chi connectivity index (χ4n) is 2.21. The average molecular weight is 480 g/mol. The summed E-state index contributed by atoms with van der Waals surface area (Å²) in [7, 11) is 0. The van der Waals surface area contributed by atoms with Crippen LogP contribution >= 0.6 is 0 Å². The Hall–Kier alpha value is -3.92. The van der Waals surface area contributed by atoms with Crippen molar-refractivity contribution in [1.29, 1.82) is 0 Å². The van der Waals surface area contributed by atoms with Gasteiger partial charge in [-0.2, -0.15) is 0 Å². The summed E-state index contributed by atoms with van der Waals surface area (Å²) in [6, 6.07) is 0. The second-order valence-electron chi connectivity index (χ2n) is 6.71. The van der Waals surface area contributed by atoms with Crippen molar-refractivity contribution in [2.24, 2.45) is 0 Å². The van der Waals surface area contributed by atoms with E-state index in [-0.39, 0.29) is 6.42 Å². The van der Waals surface area contributed by atoms with E-state index in [1.807, 2.05) is 0 Å². The summed E-state index contributed by atoms with van der Waals surface area (Å²) in [5.41, 5.74) is -6.04. The van der Waals surface area contributed by atoms with Crippen molar-refractivity contribution in [2.45, 2.75) is 56.1 Å². The lowest BCUT2D eigenvalue weighted by atomic mass is 9.96. The first-order valence-corrected chi connectivity index (χ1v) is 8.83. The fourth-order valence-corrected chi connectivity index (χ4v) is 2.21. The van der Waals surface area contributed by atoms with E-state index < -0.39 is 97.5 Å². The van der Waals surface area contributed by atoms with Gasteiger partial charge in [-0.1, -0.05) is 0 Å². The maximum absolute atomic E-state index is 11.6. The van der Waals surface area contributed by atoms with Gasteiger partial charge in [0.2, 0.25) is 0 Å². The van der Waals surface area contributed by atoms with Gasteiger partial charge in [-0.05, 0) is 6.42 Å². The van der Waals surface area contributed by atoms with Gasteiger partial charge in [-0.25, -0.2) is 9.59 Å². The van der Waals surface area contributed by atoms with E-state index in [2.05, 4.69) is 9.47 Å². The molecule has 6 N–H and O–H groups in total. The van der Waals surface area contributed by atoms with E-state index in [0.29, 0.717) is 0 Å². The molecule has 0 amide bonds. The first-order chi connectivity index (χ1) is 15.0. The molecule has 0 saturated carbocycles. The second kappa shape index (κ2) is 12.2. The Morgan fingerprint density at radius 1 is 0.515 bits per heavy atom. The number of esters is 4. The van der Waals surface area contributed by atoms with Crippen LogP contribution < -0.4 is 0 Å². The number of rotatable bonds is 14. The molecule has 2 atom stereocenters. The third-order valence-electron chi connectivity index (χ3n) is 3.77. The third-order valence-corrected chi connectivity index (χ3v) is 3.77. The molecule has 0 aliphatic carbocycles. The normalized spacial score (nSPS) is 14.1. The van der Waals surface area contributed by atoms with Gasteiger partial charge in [-0.15, -0.1) is 0 Å². The molecule has 2 unspecified atom stereocenters. The van der Waals surface area contributed by atoms with E-state index in [4.69, 9.17) is 20.4 Å². The molecule has 0 fully saturated rings. The van der Waals surface area contributed by atoms with E-state index in [1.165, 1.54) is 0 Å². The average Bonchev–Trinajstić information content (AvgIpc) is 2.59. The summed E-state index contributed by atoms with van der Waals surface area (Å²) in [5, 5.41) is 54.1. The molecular formula is C17H20O16. The molecule has 0 bridgehead atoms. The second-order valence-corrected chi connectivity index (χ2v) is 6.71. The van der Waals surface area contributed by atoms with Crippen LogP contribution in [-0.4, -0.2) is 89.6 Å². The quantitative estimate of drug-likeness (QED) is 0.112. The molecule has 184 valence electrons. The number of carboxylic acid groups (broad SMARTS) is 4. The van der Waals surface area contributed by atoms with Gasteiger partial charge in [0.1, 0.15) is 0 Å². The lowest BCUT2D eigenvalue weighted by Gasteiger charge is -2.19. The van der Waals surface area contributed by atoms with Crippen LogP contribution in [-0.2, 0) is 47.8 Å². The standard InChI is InChI=1S/C17H20O16/c18-8(19)4-16(30,14(26)27)6-12(24)32-10(22)2-1-3-11(23)33-13(25)7-17(31,15(28)29)5-9(20)21/h30-31H,1-7H2,(H,18,19)(H,20,21)(H,26,27)(H,28,29). The Balaban J connectivity index is 4.57. The van der Waals surface area contributed by atoms with Crippen molar-refractivity contribution >= 4 is 47.8 Å². The van der Waals surface area contributed by atoms with Crippen molar-refractivity contribution in [3.63, 3.8) is 0 Å². The van der Waals surface area contributed by atoms with Crippen LogP contribution in [0.15, 0.2) is 0 Å². The minimum Gasteiger partial charge on any atom is -0.481 e. The molecule has 33 heavy (non-hydrogen) atoms. The summed E-state index contributed by atoms with van der Waals surface area (Å²) >= 11 is 0. The van der Waals surface area contributed by atoms with Crippen LogP contribution in [0.2, 0.25) is 0 Å².